The van der Waals surface area contributed by atoms with Gasteiger partial charge in [0.2, 0.25) is 5.82 Å². The van der Waals surface area contributed by atoms with Gasteiger partial charge in [0, 0.05) is 5.56 Å². The number of halogens is 1. The highest BCUT2D eigenvalue weighted by Crippen LogP contribution is 2.48. The maximum atomic E-state index is 13.5. The molecule has 0 spiro atoms. The summed E-state index contributed by atoms with van der Waals surface area (Å²) in [7, 11) is -1.49. The first-order chi connectivity index (χ1) is 13.0. The number of H-pyrrole nitrogens is 1. The molecule has 2 aliphatic heterocycles. The Bertz CT molecular complexity index is 965. The van der Waals surface area contributed by atoms with E-state index in [9.17, 15) is 9.18 Å². The number of aromatic nitrogens is 2. The molecule has 27 heavy (non-hydrogen) atoms. The van der Waals surface area contributed by atoms with E-state index in [1.807, 2.05) is 25.1 Å². The Kier molecular flexibility index (Phi) is 5.39. The van der Waals surface area contributed by atoms with E-state index in [-0.39, 0.29) is 10.9 Å². The van der Waals surface area contributed by atoms with Crippen molar-refractivity contribution >= 4 is 20.8 Å². The van der Waals surface area contributed by atoms with Crippen LogP contribution in [0.5, 0.6) is 5.75 Å². The zero-order valence-corrected chi connectivity index (χ0v) is 16.2. The first-order valence-electron chi connectivity index (χ1n) is 8.50. The molecular formula is C17H18FN2O5PS. The van der Waals surface area contributed by atoms with Gasteiger partial charge < -0.3 is 9.26 Å². The Morgan fingerprint density at radius 3 is 3.15 bits per heavy atom. The molecule has 2 aromatic rings. The van der Waals surface area contributed by atoms with E-state index in [1.165, 1.54) is 4.57 Å². The molecule has 1 N–H and O–H groups in total. The summed E-state index contributed by atoms with van der Waals surface area (Å²) in [5, 5.41) is 0. The topological polar surface area (TPSA) is 74.7 Å². The molecule has 0 saturated carbocycles. The van der Waals surface area contributed by atoms with E-state index >= 15 is 0 Å². The Labute approximate surface area is 161 Å². The average molecular weight is 412 g/mol. The molecule has 2 aliphatic rings. The second kappa shape index (κ2) is 7.77. The predicted octanol–water partition coefficient (Wildman–Crippen LogP) is 3.88. The minimum atomic E-state index is -1.49. The fourth-order valence-electron chi connectivity index (χ4n) is 3.08. The van der Waals surface area contributed by atoms with E-state index in [1.54, 1.807) is 0 Å². The zero-order valence-electron chi connectivity index (χ0n) is 14.5. The third-order valence-electron chi connectivity index (χ3n) is 4.47. The minimum Gasteiger partial charge on any atom is -0.426 e. The molecule has 0 radical (unpaired) electrons. The maximum absolute atomic E-state index is 13.5. The number of ether oxygens (including phenoxy) is 1. The van der Waals surface area contributed by atoms with Crippen molar-refractivity contribution in [2.24, 2.45) is 0 Å². The van der Waals surface area contributed by atoms with E-state index < -0.39 is 26.2 Å². The van der Waals surface area contributed by atoms with Crippen LogP contribution in [0.4, 0.5) is 4.39 Å². The van der Waals surface area contributed by atoms with Gasteiger partial charge in [-0.3, -0.25) is 23.4 Å². The lowest BCUT2D eigenvalue weighted by molar-refractivity contribution is -0.0224. The van der Waals surface area contributed by atoms with Crippen LogP contribution in [0.2, 0.25) is 0 Å². The normalized spacial score (nSPS) is 24.4. The van der Waals surface area contributed by atoms with Gasteiger partial charge in [0.05, 0.1) is 25.5 Å². The largest absolute Gasteiger partial charge is 0.426 e. The number of nitrogens with one attached hydrogen (secondary N) is 1. The van der Waals surface area contributed by atoms with Gasteiger partial charge in [-0.25, -0.2) is 0 Å². The van der Waals surface area contributed by atoms with Crippen molar-refractivity contribution in [1.82, 2.24) is 9.55 Å². The second-order valence-electron chi connectivity index (χ2n) is 6.38. The van der Waals surface area contributed by atoms with E-state index in [0.29, 0.717) is 26.1 Å². The van der Waals surface area contributed by atoms with Gasteiger partial charge in [0.15, 0.2) is 4.77 Å². The third kappa shape index (κ3) is 3.97. The predicted molar refractivity (Wildman–Crippen MR) is 98.5 cm³/mol. The lowest BCUT2D eigenvalue weighted by Crippen LogP contribution is -2.21. The summed E-state index contributed by atoms with van der Waals surface area (Å²) in [6, 6.07) is 5.91. The quantitative estimate of drug-likeness (QED) is 0.607. The van der Waals surface area contributed by atoms with Crippen molar-refractivity contribution in [1.29, 1.82) is 0 Å². The Balaban J connectivity index is 1.35. The number of para-hydroxylation sites is 1. The van der Waals surface area contributed by atoms with Crippen LogP contribution in [0.3, 0.4) is 0 Å². The second-order valence-corrected chi connectivity index (χ2v) is 7.91. The van der Waals surface area contributed by atoms with Gasteiger partial charge in [-0.1, -0.05) is 18.2 Å². The van der Waals surface area contributed by atoms with Gasteiger partial charge in [0.25, 0.3) is 5.56 Å². The lowest BCUT2D eigenvalue weighted by Gasteiger charge is -2.26. The first-order valence-corrected chi connectivity index (χ1v) is 10.0. The van der Waals surface area contributed by atoms with Crippen molar-refractivity contribution < 1.29 is 22.7 Å². The SMILES string of the molecule is Cc1cccc2c1OP(OCC1CCC(n3cc(F)c(=O)[nH]c3=S)O1)OC2. The Hall–Kier alpha value is -1.64. The molecule has 0 aliphatic carbocycles. The van der Waals surface area contributed by atoms with Crippen molar-refractivity contribution in [3.63, 3.8) is 0 Å². The van der Waals surface area contributed by atoms with E-state index in [4.69, 9.17) is 30.5 Å². The number of hydrogen-bond acceptors (Lipinski definition) is 6. The molecule has 144 valence electrons. The van der Waals surface area contributed by atoms with Crippen LogP contribution < -0.4 is 10.1 Å². The fraction of sp³-hybridized carbons (Fsp3) is 0.412. The highest BCUT2D eigenvalue weighted by molar-refractivity contribution is 7.71. The van der Waals surface area contributed by atoms with Crippen LogP contribution in [-0.4, -0.2) is 22.3 Å². The van der Waals surface area contributed by atoms with Gasteiger partial charge in [0.1, 0.15) is 12.0 Å². The van der Waals surface area contributed by atoms with Gasteiger partial charge in [-0.05, 0) is 37.5 Å². The molecule has 1 aromatic carbocycles. The van der Waals surface area contributed by atoms with Crippen LogP contribution in [0.25, 0.3) is 0 Å². The number of fused-ring (bicyclic) bond motifs is 1. The number of aryl methyl sites for hydroxylation is 1. The monoisotopic (exact) mass is 412 g/mol. The van der Waals surface area contributed by atoms with Crippen LogP contribution in [-0.2, 0) is 20.4 Å². The number of hydrogen-bond donors (Lipinski definition) is 1. The summed E-state index contributed by atoms with van der Waals surface area (Å²) in [5.41, 5.74) is 1.21. The number of nitrogens with zero attached hydrogens (tertiary/aromatic N) is 1. The molecule has 0 amide bonds. The zero-order chi connectivity index (χ0) is 19.0. The van der Waals surface area contributed by atoms with Gasteiger partial charge in [-0.15, -0.1) is 0 Å². The fourth-order valence-corrected chi connectivity index (χ4v) is 4.46. The van der Waals surface area contributed by atoms with Crippen LogP contribution >= 0.6 is 20.8 Å². The summed E-state index contributed by atoms with van der Waals surface area (Å²) >= 11 is 5.08. The summed E-state index contributed by atoms with van der Waals surface area (Å²) in [4.78, 5) is 13.6. The van der Waals surface area contributed by atoms with Crippen molar-refractivity contribution in [3.05, 3.63) is 56.5 Å². The molecule has 3 atom stereocenters. The molecule has 7 nitrogen and oxygen atoms in total. The molecule has 1 fully saturated rings. The minimum absolute atomic E-state index is 0.128. The number of benzene rings is 1. The first kappa shape index (κ1) is 18.7. The Morgan fingerprint density at radius 1 is 1.44 bits per heavy atom. The van der Waals surface area contributed by atoms with E-state index in [0.717, 1.165) is 23.1 Å². The third-order valence-corrected chi connectivity index (χ3v) is 5.81. The summed E-state index contributed by atoms with van der Waals surface area (Å²) < 4.78 is 38.2. The van der Waals surface area contributed by atoms with Gasteiger partial charge >= 0.3 is 8.60 Å². The van der Waals surface area contributed by atoms with E-state index in [2.05, 4.69) is 4.98 Å². The van der Waals surface area contributed by atoms with Crippen LogP contribution in [0.15, 0.2) is 29.2 Å². The van der Waals surface area contributed by atoms with Crippen molar-refractivity contribution in [2.45, 2.75) is 38.7 Å². The molecule has 0 bridgehead atoms. The smallest absolute Gasteiger partial charge is 0.397 e. The molecule has 1 aromatic heterocycles. The molecule has 1 saturated heterocycles. The average Bonchev–Trinajstić information content (AvgIpc) is 3.12. The number of rotatable bonds is 4. The number of aromatic amines is 1. The van der Waals surface area contributed by atoms with Crippen LogP contribution in [0.1, 0.15) is 30.2 Å². The Morgan fingerprint density at radius 2 is 2.30 bits per heavy atom. The molecule has 10 heteroatoms. The lowest BCUT2D eigenvalue weighted by atomic mass is 10.1. The molecule has 3 heterocycles. The maximum Gasteiger partial charge on any atom is 0.397 e. The van der Waals surface area contributed by atoms with Crippen molar-refractivity contribution in [2.75, 3.05) is 6.61 Å². The summed E-state index contributed by atoms with van der Waals surface area (Å²) in [6.07, 6.45) is 1.79. The van der Waals surface area contributed by atoms with Crippen LogP contribution in [0, 0.1) is 17.5 Å². The molecule has 3 unspecified atom stereocenters. The van der Waals surface area contributed by atoms with Crippen molar-refractivity contribution in [3.8, 4) is 5.75 Å². The standard InChI is InChI=1S/C17H18FN2O5PS/c1-10-3-2-4-11-8-22-26(25-15(10)11)23-9-12-5-6-14(24-12)20-7-13(18)16(21)19-17(20)27/h2-4,7,12,14H,5-6,8-9H2,1H3,(H,19,21,27). The highest BCUT2D eigenvalue weighted by atomic mass is 32.1. The summed E-state index contributed by atoms with van der Waals surface area (Å²) in [6.45, 7) is 2.72. The summed E-state index contributed by atoms with van der Waals surface area (Å²) in [5.74, 6) is -0.0801. The van der Waals surface area contributed by atoms with Gasteiger partial charge in [-0.2, -0.15) is 4.39 Å². The molecule has 4 rings (SSSR count). The highest BCUT2D eigenvalue weighted by Gasteiger charge is 2.30. The molecular weight excluding hydrogens is 394 g/mol.